The van der Waals surface area contributed by atoms with Crippen LogP contribution in [-0.2, 0) is 19.5 Å². The summed E-state index contributed by atoms with van der Waals surface area (Å²) >= 11 is 10.2. The third-order valence-electron chi connectivity index (χ3n) is 7.24. The van der Waals surface area contributed by atoms with Crippen molar-refractivity contribution in [1.29, 1.82) is 5.26 Å². The molecule has 0 saturated carbocycles. The molecule has 0 aliphatic heterocycles. The number of nitriles is 1. The van der Waals surface area contributed by atoms with Gasteiger partial charge in [0.2, 0.25) is 0 Å². The molecule has 9 nitrogen and oxygen atoms in total. The number of halogens is 2. The van der Waals surface area contributed by atoms with Gasteiger partial charge in [-0.15, -0.1) is 5.10 Å². The Morgan fingerprint density at radius 2 is 1.56 bits per heavy atom. The normalized spacial score (nSPS) is 10.9. The lowest BCUT2D eigenvalue weighted by Gasteiger charge is -2.25. The van der Waals surface area contributed by atoms with E-state index in [1.807, 2.05) is 66.7 Å². The van der Waals surface area contributed by atoms with Gasteiger partial charge in [0.25, 0.3) is 0 Å². The van der Waals surface area contributed by atoms with Crippen LogP contribution in [0.4, 0.5) is 5.82 Å². The fourth-order valence-electron chi connectivity index (χ4n) is 4.95. The summed E-state index contributed by atoms with van der Waals surface area (Å²) in [5.74, 6) is 2.71. The first-order valence-electron chi connectivity index (χ1n) is 14.0. The van der Waals surface area contributed by atoms with Crippen LogP contribution < -0.4 is 14.4 Å². The monoisotopic (exact) mass is 679 g/mol. The van der Waals surface area contributed by atoms with Gasteiger partial charge in [-0.1, -0.05) is 48.0 Å². The van der Waals surface area contributed by atoms with Crippen LogP contribution >= 0.6 is 27.5 Å². The molecule has 3 aromatic carbocycles. The van der Waals surface area contributed by atoms with E-state index in [0.29, 0.717) is 63.4 Å². The number of ether oxygens (including phenoxy) is 2. The average molecular weight is 681 g/mol. The highest BCUT2D eigenvalue weighted by molar-refractivity contribution is 9.10. The third kappa shape index (κ3) is 6.60. The van der Waals surface area contributed by atoms with Crippen molar-refractivity contribution in [3.63, 3.8) is 0 Å². The smallest absolute Gasteiger partial charge is 0.199 e. The van der Waals surface area contributed by atoms with Crippen LogP contribution in [0, 0.1) is 11.3 Å². The summed E-state index contributed by atoms with van der Waals surface area (Å²) in [6.07, 6.45) is 2.04. The second-order valence-corrected chi connectivity index (χ2v) is 11.4. The van der Waals surface area contributed by atoms with Crippen molar-refractivity contribution in [2.45, 2.75) is 19.5 Å². The first kappa shape index (κ1) is 30.1. The summed E-state index contributed by atoms with van der Waals surface area (Å²) < 4.78 is 13.1. The molecule has 0 atom stereocenters. The molecular weight excluding hydrogens is 654 g/mol. The van der Waals surface area contributed by atoms with Gasteiger partial charge in [-0.05, 0) is 75.6 Å². The fraction of sp³-hybridized carbons (Fsp3) is 0.147. The van der Waals surface area contributed by atoms with Crippen molar-refractivity contribution in [3.8, 4) is 28.8 Å². The van der Waals surface area contributed by atoms with Crippen molar-refractivity contribution in [2.24, 2.45) is 0 Å². The van der Waals surface area contributed by atoms with Crippen molar-refractivity contribution >= 4 is 39.0 Å². The standard InChI is InChI=1S/C34H27BrClN7O2/c1-44-26-12-8-22(9-13-26)20-42(21-23-10-14-27(45-2)15-11-23)33-34-39-30(18-29-28(36)7-4-16-38-29)41-43(34)32(35)31(40-33)25-6-3-5-24(17-25)19-37/h3-17H,18,20-21H2,1-2H3. The predicted molar refractivity (Wildman–Crippen MR) is 177 cm³/mol. The summed E-state index contributed by atoms with van der Waals surface area (Å²) in [6.45, 7) is 1.04. The Kier molecular flexibility index (Phi) is 8.91. The minimum Gasteiger partial charge on any atom is -0.497 e. The maximum Gasteiger partial charge on any atom is 0.199 e. The van der Waals surface area contributed by atoms with Crippen LogP contribution in [0.25, 0.3) is 16.9 Å². The largest absolute Gasteiger partial charge is 0.497 e. The Labute approximate surface area is 273 Å². The molecule has 0 unspecified atom stereocenters. The van der Waals surface area contributed by atoms with E-state index in [0.717, 1.165) is 28.2 Å². The highest BCUT2D eigenvalue weighted by atomic mass is 79.9. The zero-order chi connectivity index (χ0) is 31.3. The lowest BCUT2D eigenvalue weighted by Crippen LogP contribution is -2.24. The van der Waals surface area contributed by atoms with Crippen LogP contribution in [-0.4, -0.2) is 38.8 Å². The number of hydrogen-bond donors (Lipinski definition) is 0. The first-order valence-corrected chi connectivity index (χ1v) is 15.2. The molecule has 0 N–H and O–H groups in total. The highest BCUT2D eigenvalue weighted by Crippen LogP contribution is 2.34. The van der Waals surface area contributed by atoms with E-state index in [1.54, 1.807) is 43.1 Å². The van der Waals surface area contributed by atoms with Gasteiger partial charge in [-0.3, -0.25) is 4.98 Å². The van der Waals surface area contributed by atoms with Crippen molar-refractivity contribution in [1.82, 2.24) is 24.6 Å². The van der Waals surface area contributed by atoms with E-state index in [4.69, 9.17) is 36.1 Å². The third-order valence-corrected chi connectivity index (χ3v) is 8.30. The van der Waals surface area contributed by atoms with E-state index in [1.165, 1.54) is 0 Å². The van der Waals surface area contributed by atoms with Crippen LogP contribution in [0.1, 0.15) is 28.2 Å². The summed E-state index contributed by atoms with van der Waals surface area (Å²) in [7, 11) is 3.30. The van der Waals surface area contributed by atoms with Gasteiger partial charge in [0.15, 0.2) is 17.3 Å². The molecule has 3 aromatic heterocycles. The number of fused-ring (bicyclic) bond motifs is 1. The second-order valence-electron chi connectivity index (χ2n) is 10.2. The van der Waals surface area contributed by atoms with Gasteiger partial charge in [-0.2, -0.15) is 5.26 Å². The Morgan fingerprint density at radius 3 is 2.16 bits per heavy atom. The average Bonchev–Trinajstić information content (AvgIpc) is 3.51. The van der Waals surface area contributed by atoms with Crippen molar-refractivity contribution in [3.05, 3.63) is 129 Å². The summed E-state index contributed by atoms with van der Waals surface area (Å²) in [5, 5.41) is 15.0. The molecule has 0 bridgehead atoms. The number of aromatic nitrogens is 5. The molecule has 6 rings (SSSR count). The Morgan fingerprint density at radius 1 is 0.889 bits per heavy atom. The number of hydrogen-bond acceptors (Lipinski definition) is 8. The molecule has 45 heavy (non-hydrogen) atoms. The molecule has 0 amide bonds. The molecule has 0 radical (unpaired) electrons. The van der Waals surface area contributed by atoms with E-state index in [-0.39, 0.29) is 0 Å². The van der Waals surface area contributed by atoms with Gasteiger partial charge < -0.3 is 14.4 Å². The summed E-state index contributed by atoms with van der Waals surface area (Å²) in [6, 6.07) is 29.0. The number of nitrogens with zero attached hydrogens (tertiary/aromatic N) is 7. The molecule has 0 aliphatic carbocycles. The lowest BCUT2D eigenvalue weighted by molar-refractivity contribution is 0.414. The zero-order valence-corrected chi connectivity index (χ0v) is 26.8. The maximum atomic E-state index is 9.61. The summed E-state index contributed by atoms with van der Waals surface area (Å²) in [5.41, 5.74) is 5.27. The quantitative estimate of drug-likeness (QED) is 0.149. The van der Waals surface area contributed by atoms with Crippen molar-refractivity contribution in [2.75, 3.05) is 19.1 Å². The minimum absolute atomic E-state index is 0.337. The number of benzene rings is 3. The predicted octanol–water partition coefficient (Wildman–Crippen LogP) is 7.29. The Hall–Kier alpha value is -4.98. The van der Waals surface area contributed by atoms with Gasteiger partial charge in [0.05, 0.1) is 43.0 Å². The van der Waals surface area contributed by atoms with E-state index in [2.05, 4.69) is 31.9 Å². The number of methoxy groups -OCH3 is 2. The van der Waals surface area contributed by atoms with E-state index >= 15 is 0 Å². The maximum absolute atomic E-state index is 9.61. The molecule has 224 valence electrons. The Balaban J connectivity index is 1.53. The van der Waals surface area contributed by atoms with Crippen LogP contribution in [0.3, 0.4) is 0 Å². The molecule has 0 spiro atoms. The van der Waals surface area contributed by atoms with E-state index in [9.17, 15) is 5.26 Å². The molecule has 0 fully saturated rings. The van der Waals surface area contributed by atoms with Gasteiger partial charge in [-0.25, -0.2) is 14.5 Å². The Bertz CT molecular complexity index is 1960. The molecule has 3 heterocycles. The molecule has 11 heteroatoms. The minimum atomic E-state index is 0.337. The number of anilines is 1. The van der Waals surface area contributed by atoms with E-state index < -0.39 is 0 Å². The first-order chi connectivity index (χ1) is 21.9. The molecule has 0 aliphatic rings. The molecule has 6 aromatic rings. The van der Waals surface area contributed by atoms with Crippen LogP contribution in [0.5, 0.6) is 11.5 Å². The summed E-state index contributed by atoms with van der Waals surface area (Å²) in [4.78, 5) is 16.8. The lowest BCUT2D eigenvalue weighted by atomic mass is 10.1. The number of rotatable bonds is 10. The molecular formula is C34H27BrClN7O2. The molecule has 0 saturated heterocycles. The number of pyridine rings is 1. The van der Waals surface area contributed by atoms with Gasteiger partial charge in [0, 0.05) is 24.8 Å². The van der Waals surface area contributed by atoms with Gasteiger partial charge >= 0.3 is 0 Å². The van der Waals surface area contributed by atoms with Crippen LogP contribution in [0.15, 0.2) is 95.7 Å². The second kappa shape index (κ2) is 13.3. The SMILES string of the molecule is COc1ccc(CN(Cc2ccc(OC)cc2)c2nc(-c3cccc(C#N)c3)c(Br)n3nc(Cc4ncccc4Cl)nc23)cc1. The fourth-order valence-corrected chi connectivity index (χ4v) is 5.71. The van der Waals surface area contributed by atoms with Gasteiger partial charge in [0.1, 0.15) is 21.8 Å². The highest BCUT2D eigenvalue weighted by Gasteiger charge is 2.23. The van der Waals surface area contributed by atoms with Crippen molar-refractivity contribution < 1.29 is 9.47 Å². The zero-order valence-electron chi connectivity index (χ0n) is 24.5. The van der Waals surface area contributed by atoms with Crippen LogP contribution in [0.2, 0.25) is 5.02 Å². The topological polar surface area (TPSA) is 101 Å².